The Hall–Kier alpha value is -1.42. The highest BCUT2D eigenvalue weighted by molar-refractivity contribution is 6.18. The summed E-state index contributed by atoms with van der Waals surface area (Å²) in [4.78, 5) is 12.0. The number of aromatic hydroxyl groups is 2. The van der Waals surface area contributed by atoms with E-state index in [-0.39, 0.29) is 23.4 Å². The third-order valence-electron chi connectivity index (χ3n) is 3.41. The van der Waals surface area contributed by atoms with Gasteiger partial charge in [-0.3, -0.25) is 4.79 Å². The molecule has 1 fully saturated rings. The Bertz CT molecular complexity index is 450. The number of halogens is 1. The number of alkyl halides is 1. The molecule has 0 spiro atoms. The SMILES string of the molecule is O=C(NC1CCCC1CCl)c1ccc(O)c(O)c1. The van der Waals surface area contributed by atoms with Crippen LogP contribution in [0.15, 0.2) is 18.2 Å². The van der Waals surface area contributed by atoms with Gasteiger partial charge in [-0.2, -0.15) is 0 Å². The van der Waals surface area contributed by atoms with Crippen molar-refractivity contribution in [3.8, 4) is 11.5 Å². The van der Waals surface area contributed by atoms with E-state index >= 15 is 0 Å². The van der Waals surface area contributed by atoms with Crippen LogP contribution in [0, 0.1) is 5.92 Å². The summed E-state index contributed by atoms with van der Waals surface area (Å²) in [6.45, 7) is 0. The van der Waals surface area contributed by atoms with Gasteiger partial charge in [-0.1, -0.05) is 6.42 Å². The van der Waals surface area contributed by atoms with E-state index in [1.54, 1.807) is 0 Å². The summed E-state index contributed by atoms with van der Waals surface area (Å²) >= 11 is 5.85. The van der Waals surface area contributed by atoms with E-state index in [0.29, 0.717) is 17.4 Å². The quantitative estimate of drug-likeness (QED) is 0.582. The molecule has 0 aliphatic heterocycles. The summed E-state index contributed by atoms with van der Waals surface area (Å²) in [7, 11) is 0. The third kappa shape index (κ3) is 2.70. The van der Waals surface area contributed by atoms with Crippen LogP contribution in [0.5, 0.6) is 11.5 Å². The number of phenolic OH excluding ortho intramolecular Hbond substituents is 2. The van der Waals surface area contributed by atoms with Gasteiger partial charge in [-0.15, -0.1) is 11.6 Å². The zero-order valence-electron chi connectivity index (χ0n) is 9.90. The largest absolute Gasteiger partial charge is 0.504 e. The highest BCUT2D eigenvalue weighted by Gasteiger charge is 2.28. The van der Waals surface area contributed by atoms with E-state index in [4.69, 9.17) is 11.6 Å². The number of hydrogen-bond acceptors (Lipinski definition) is 3. The van der Waals surface area contributed by atoms with E-state index in [1.807, 2.05) is 0 Å². The van der Waals surface area contributed by atoms with Crippen LogP contribution >= 0.6 is 11.6 Å². The molecule has 1 aliphatic rings. The summed E-state index contributed by atoms with van der Waals surface area (Å²) in [5, 5.41) is 21.5. The summed E-state index contributed by atoms with van der Waals surface area (Å²) in [6.07, 6.45) is 3.05. The van der Waals surface area contributed by atoms with Crippen molar-refractivity contribution in [2.24, 2.45) is 5.92 Å². The van der Waals surface area contributed by atoms with Gasteiger partial charge in [-0.25, -0.2) is 0 Å². The highest BCUT2D eigenvalue weighted by Crippen LogP contribution is 2.28. The lowest BCUT2D eigenvalue weighted by molar-refractivity contribution is 0.0929. The van der Waals surface area contributed by atoms with Crippen molar-refractivity contribution < 1.29 is 15.0 Å². The number of rotatable bonds is 3. The van der Waals surface area contributed by atoms with Crippen LogP contribution in [-0.2, 0) is 0 Å². The van der Waals surface area contributed by atoms with Crippen LogP contribution in [0.2, 0.25) is 0 Å². The van der Waals surface area contributed by atoms with Gasteiger partial charge in [-0.05, 0) is 37.0 Å². The minimum atomic E-state index is -0.289. The highest BCUT2D eigenvalue weighted by atomic mass is 35.5. The number of phenols is 2. The molecule has 0 heterocycles. The zero-order chi connectivity index (χ0) is 13.1. The zero-order valence-corrected chi connectivity index (χ0v) is 10.7. The van der Waals surface area contributed by atoms with Crippen LogP contribution in [0.3, 0.4) is 0 Å². The number of carbonyl (C=O) groups excluding carboxylic acids is 1. The number of carbonyl (C=O) groups is 1. The van der Waals surface area contributed by atoms with Gasteiger partial charge in [0.1, 0.15) is 0 Å². The van der Waals surface area contributed by atoms with Crippen LogP contribution in [0.4, 0.5) is 0 Å². The molecule has 0 radical (unpaired) electrons. The van der Waals surface area contributed by atoms with Crippen molar-refractivity contribution in [1.82, 2.24) is 5.32 Å². The predicted octanol–water partition coefficient (Wildman–Crippen LogP) is 2.24. The van der Waals surface area contributed by atoms with Crippen molar-refractivity contribution >= 4 is 17.5 Å². The fourth-order valence-corrected chi connectivity index (χ4v) is 2.70. The molecule has 0 aromatic heterocycles. The lowest BCUT2D eigenvalue weighted by atomic mass is 10.1. The van der Waals surface area contributed by atoms with Crippen LogP contribution in [0.1, 0.15) is 29.6 Å². The van der Waals surface area contributed by atoms with Crippen LogP contribution in [-0.4, -0.2) is 28.0 Å². The molecule has 3 N–H and O–H groups in total. The standard InChI is InChI=1S/C13H16ClNO3/c14-7-9-2-1-3-10(9)15-13(18)8-4-5-11(16)12(17)6-8/h4-6,9-10,16-17H,1-3,7H2,(H,15,18). The van der Waals surface area contributed by atoms with E-state index in [2.05, 4.69) is 5.32 Å². The first-order chi connectivity index (χ1) is 8.61. The molecule has 5 heteroatoms. The second-order valence-corrected chi connectivity index (χ2v) is 4.94. The smallest absolute Gasteiger partial charge is 0.251 e. The first-order valence-corrected chi connectivity index (χ1v) is 6.54. The van der Waals surface area contributed by atoms with Gasteiger partial charge in [0.15, 0.2) is 11.5 Å². The Morgan fingerprint density at radius 2 is 2.11 bits per heavy atom. The first-order valence-electron chi connectivity index (χ1n) is 6.00. The van der Waals surface area contributed by atoms with Gasteiger partial charge >= 0.3 is 0 Å². The fraction of sp³-hybridized carbons (Fsp3) is 0.462. The van der Waals surface area contributed by atoms with E-state index in [0.717, 1.165) is 19.3 Å². The molecular weight excluding hydrogens is 254 g/mol. The Morgan fingerprint density at radius 1 is 1.33 bits per heavy atom. The van der Waals surface area contributed by atoms with E-state index in [1.165, 1.54) is 18.2 Å². The van der Waals surface area contributed by atoms with Crippen molar-refractivity contribution in [3.05, 3.63) is 23.8 Å². The molecular formula is C13H16ClNO3. The molecule has 1 aliphatic carbocycles. The summed E-state index contributed by atoms with van der Waals surface area (Å²) < 4.78 is 0. The molecule has 1 amide bonds. The minimum Gasteiger partial charge on any atom is -0.504 e. The number of benzene rings is 1. The number of hydrogen-bond donors (Lipinski definition) is 3. The van der Waals surface area contributed by atoms with E-state index in [9.17, 15) is 15.0 Å². The van der Waals surface area contributed by atoms with Crippen molar-refractivity contribution in [3.63, 3.8) is 0 Å². The second kappa shape index (κ2) is 5.48. The molecule has 1 aromatic carbocycles. The maximum atomic E-state index is 12.0. The Balaban J connectivity index is 2.05. The molecule has 2 atom stereocenters. The van der Waals surface area contributed by atoms with Gasteiger partial charge in [0, 0.05) is 17.5 Å². The topological polar surface area (TPSA) is 69.6 Å². The molecule has 0 saturated heterocycles. The van der Waals surface area contributed by atoms with Crippen LogP contribution < -0.4 is 5.32 Å². The molecule has 1 saturated carbocycles. The third-order valence-corrected chi connectivity index (χ3v) is 3.81. The van der Waals surface area contributed by atoms with Gasteiger partial charge < -0.3 is 15.5 Å². The molecule has 2 rings (SSSR count). The Morgan fingerprint density at radius 3 is 2.78 bits per heavy atom. The number of nitrogens with one attached hydrogen (secondary N) is 1. The molecule has 18 heavy (non-hydrogen) atoms. The normalized spacial score (nSPS) is 22.9. The first kappa shape index (κ1) is 13.0. The maximum absolute atomic E-state index is 12.0. The average molecular weight is 270 g/mol. The summed E-state index contributed by atoms with van der Waals surface area (Å²) in [5.41, 5.74) is 0.338. The van der Waals surface area contributed by atoms with Crippen molar-refractivity contribution in [2.75, 3.05) is 5.88 Å². The lowest BCUT2D eigenvalue weighted by Gasteiger charge is -2.18. The van der Waals surface area contributed by atoms with Crippen molar-refractivity contribution in [1.29, 1.82) is 0 Å². The second-order valence-electron chi connectivity index (χ2n) is 4.63. The van der Waals surface area contributed by atoms with Gasteiger partial charge in [0.2, 0.25) is 0 Å². The van der Waals surface area contributed by atoms with Crippen LogP contribution in [0.25, 0.3) is 0 Å². The average Bonchev–Trinajstić information content (AvgIpc) is 2.79. The fourth-order valence-electron chi connectivity index (χ4n) is 2.33. The molecule has 2 unspecified atom stereocenters. The Kier molecular flexibility index (Phi) is 3.97. The van der Waals surface area contributed by atoms with E-state index < -0.39 is 0 Å². The molecule has 4 nitrogen and oxygen atoms in total. The van der Waals surface area contributed by atoms with Gasteiger partial charge in [0.25, 0.3) is 5.91 Å². The molecule has 98 valence electrons. The predicted molar refractivity (Wildman–Crippen MR) is 69.1 cm³/mol. The molecule has 1 aromatic rings. The number of amides is 1. The Labute approximate surface area is 111 Å². The maximum Gasteiger partial charge on any atom is 0.251 e. The molecule has 0 bridgehead atoms. The minimum absolute atomic E-state index is 0.103. The lowest BCUT2D eigenvalue weighted by Crippen LogP contribution is -2.37. The van der Waals surface area contributed by atoms with Gasteiger partial charge in [0.05, 0.1) is 0 Å². The summed E-state index contributed by atoms with van der Waals surface area (Å²) in [5.74, 6) is 0.105. The van der Waals surface area contributed by atoms with Crippen molar-refractivity contribution in [2.45, 2.75) is 25.3 Å². The summed E-state index contributed by atoms with van der Waals surface area (Å²) in [6, 6.07) is 4.15. The monoisotopic (exact) mass is 269 g/mol.